The van der Waals surface area contributed by atoms with Gasteiger partial charge in [0, 0.05) is 17.9 Å². The Labute approximate surface area is 84.3 Å². The zero-order chi connectivity index (χ0) is 9.97. The number of nitrogens with two attached hydrogens (primary N) is 1. The molecule has 2 nitrogen and oxygen atoms in total. The summed E-state index contributed by atoms with van der Waals surface area (Å²) in [7, 11) is 0. The fraction of sp³-hybridized carbons (Fsp3) is 0.333. The van der Waals surface area contributed by atoms with Gasteiger partial charge in [-0.05, 0) is 42.6 Å². The van der Waals surface area contributed by atoms with Crippen molar-refractivity contribution in [3.63, 3.8) is 0 Å². The third-order valence-electron chi connectivity index (χ3n) is 2.82. The molecule has 0 spiro atoms. The SMILES string of the molecule is CCC(CN)c1ccn2ccccc12. The van der Waals surface area contributed by atoms with Crippen LogP contribution in [0.15, 0.2) is 36.7 Å². The normalized spacial score (nSPS) is 13.3. The highest BCUT2D eigenvalue weighted by molar-refractivity contribution is 5.57. The van der Waals surface area contributed by atoms with Gasteiger partial charge in [-0.2, -0.15) is 0 Å². The minimum absolute atomic E-state index is 0.488. The molecule has 0 saturated carbocycles. The van der Waals surface area contributed by atoms with Gasteiger partial charge in [0.25, 0.3) is 0 Å². The molecule has 0 bridgehead atoms. The largest absolute Gasteiger partial charge is 0.330 e. The number of hydrogen-bond donors (Lipinski definition) is 1. The zero-order valence-corrected chi connectivity index (χ0v) is 8.48. The minimum Gasteiger partial charge on any atom is -0.330 e. The molecule has 1 unspecified atom stereocenters. The summed E-state index contributed by atoms with van der Waals surface area (Å²) in [4.78, 5) is 0. The molecule has 14 heavy (non-hydrogen) atoms. The summed E-state index contributed by atoms with van der Waals surface area (Å²) in [6.07, 6.45) is 5.27. The van der Waals surface area contributed by atoms with Gasteiger partial charge in [0.05, 0.1) is 0 Å². The van der Waals surface area contributed by atoms with Crippen molar-refractivity contribution in [1.29, 1.82) is 0 Å². The lowest BCUT2D eigenvalue weighted by Gasteiger charge is -2.10. The summed E-state index contributed by atoms with van der Waals surface area (Å²) in [5.74, 6) is 0.488. The van der Waals surface area contributed by atoms with Gasteiger partial charge < -0.3 is 10.1 Å². The number of nitrogens with zero attached hydrogens (tertiary/aromatic N) is 1. The van der Waals surface area contributed by atoms with E-state index in [1.807, 2.05) is 6.07 Å². The second kappa shape index (κ2) is 3.84. The molecular formula is C12H16N2. The monoisotopic (exact) mass is 188 g/mol. The maximum absolute atomic E-state index is 5.76. The Morgan fingerprint density at radius 2 is 2.14 bits per heavy atom. The lowest BCUT2D eigenvalue weighted by Crippen LogP contribution is -2.11. The third-order valence-corrected chi connectivity index (χ3v) is 2.82. The third kappa shape index (κ3) is 1.42. The van der Waals surface area contributed by atoms with Crippen molar-refractivity contribution in [3.8, 4) is 0 Å². The van der Waals surface area contributed by atoms with Gasteiger partial charge in [0.15, 0.2) is 0 Å². The van der Waals surface area contributed by atoms with Gasteiger partial charge in [-0.15, -0.1) is 0 Å². The Morgan fingerprint density at radius 1 is 1.29 bits per heavy atom. The highest BCUT2D eigenvalue weighted by atomic mass is 14.9. The second-order valence-corrected chi connectivity index (χ2v) is 3.61. The van der Waals surface area contributed by atoms with Crippen molar-refractivity contribution >= 4 is 5.52 Å². The van der Waals surface area contributed by atoms with Gasteiger partial charge in [0.1, 0.15) is 0 Å². The Morgan fingerprint density at radius 3 is 2.86 bits per heavy atom. The second-order valence-electron chi connectivity index (χ2n) is 3.61. The molecule has 2 aromatic rings. The van der Waals surface area contributed by atoms with Crippen LogP contribution in [0.3, 0.4) is 0 Å². The molecule has 0 aliphatic rings. The molecule has 1 atom stereocenters. The molecule has 0 fully saturated rings. The van der Waals surface area contributed by atoms with Crippen LogP contribution in [0.4, 0.5) is 0 Å². The lowest BCUT2D eigenvalue weighted by molar-refractivity contribution is 0.679. The van der Waals surface area contributed by atoms with Crippen molar-refractivity contribution < 1.29 is 0 Å². The van der Waals surface area contributed by atoms with Crippen LogP contribution in [-0.2, 0) is 0 Å². The van der Waals surface area contributed by atoms with Crippen molar-refractivity contribution in [2.24, 2.45) is 5.73 Å². The molecule has 0 saturated heterocycles. The van der Waals surface area contributed by atoms with Crippen LogP contribution >= 0.6 is 0 Å². The zero-order valence-electron chi connectivity index (χ0n) is 8.48. The Bertz CT molecular complexity index is 413. The molecule has 2 heterocycles. The number of hydrogen-bond acceptors (Lipinski definition) is 1. The average Bonchev–Trinajstić information content (AvgIpc) is 2.65. The van der Waals surface area contributed by atoms with E-state index in [1.165, 1.54) is 11.1 Å². The molecule has 0 amide bonds. The van der Waals surface area contributed by atoms with Crippen molar-refractivity contribution in [1.82, 2.24) is 4.40 Å². The van der Waals surface area contributed by atoms with E-state index in [0.717, 1.165) is 13.0 Å². The average molecular weight is 188 g/mol. The first-order valence-corrected chi connectivity index (χ1v) is 5.12. The minimum atomic E-state index is 0.488. The maximum atomic E-state index is 5.76. The molecule has 2 N–H and O–H groups in total. The molecule has 2 heteroatoms. The number of aromatic nitrogens is 1. The Hall–Kier alpha value is -1.28. The van der Waals surface area contributed by atoms with Gasteiger partial charge in [-0.1, -0.05) is 13.0 Å². The van der Waals surface area contributed by atoms with Crippen molar-refractivity contribution in [3.05, 3.63) is 42.2 Å². The fourth-order valence-electron chi connectivity index (χ4n) is 1.94. The highest BCUT2D eigenvalue weighted by Crippen LogP contribution is 2.23. The Kier molecular flexibility index (Phi) is 2.55. The summed E-state index contributed by atoms with van der Waals surface area (Å²) in [6.45, 7) is 2.91. The molecule has 0 aromatic carbocycles. The Balaban J connectivity index is 2.51. The topological polar surface area (TPSA) is 30.4 Å². The van der Waals surface area contributed by atoms with Crippen LogP contribution < -0.4 is 5.73 Å². The highest BCUT2D eigenvalue weighted by Gasteiger charge is 2.10. The maximum Gasteiger partial charge on any atom is 0.0485 e. The lowest BCUT2D eigenvalue weighted by atomic mass is 9.98. The van der Waals surface area contributed by atoms with E-state index >= 15 is 0 Å². The van der Waals surface area contributed by atoms with E-state index in [-0.39, 0.29) is 0 Å². The molecular weight excluding hydrogens is 172 g/mol. The molecule has 0 aliphatic carbocycles. The van der Waals surface area contributed by atoms with Gasteiger partial charge in [-0.3, -0.25) is 0 Å². The van der Waals surface area contributed by atoms with Gasteiger partial charge in [0.2, 0.25) is 0 Å². The quantitative estimate of drug-likeness (QED) is 0.787. The number of pyridine rings is 1. The van der Waals surface area contributed by atoms with Gasteiger partial charge >= 0.3 is 0 Å². The number of fused-ring (bicyclic) bond motifs is 1. The van der Waals surface area contributed by atoms with Crippen LogP contribution in [0.1, 0.15) is 24.8 Å². The summed E-state index contributed by atoms with van der Waals surface area (Å²) < 4.78 is 2.15. The smallest absolute Gasteiger partial charge is 0.0485 e. The summed E-state index contributed by atoms with van der Waals surface area (Å²) in [6, 6.07) is 8.44. The molecule has 2 rings (SSSR count). The van der Waals surface area contributed by atoms with E-state index in [2.05, 4.69) is 41.9 Å². The van der Waals surface area contributed by atoms with Crippen LogP contribution in [0.5, 0.6) is 0 Å². The van der Waals surface area contributed by atoms with E-state index in [4.69, 9.17) is 5.73 Å². The standard InChI is InChI=1S/C12H16N2/c1-2-10(9-13)11-6-8-14-7-4-3-5-12(11)14/h3-8,10H,2,9,13H2,1H3. The summed E-state index contributed by atoms with van der Waals surface area (Å²) >= 11 is 0. The van der Waals surface area contributed by atoms with Crippen LogP contribution in [-0.4, -0.2) is 10.9 Å². The van der Waals surface area contributed by atoms with Crippen molar-refractivity contribution in [2.45, 2.75) is 19.3 Å². The first kappa shape index (κ1) is 9.28. The number of rotatable bonds is 3. The van der Waals surface area contributed by atoms with Crippen LogP contribution in [0, 0.1) is 0 Å². The van der Waals surface area contributed by atoms with E-state index in [9.17, 15) is 0 Å². The molecule has 74 valence electrons. The summed E-state index contributed by atoms with van der Waals surface area (Å²) in [5.41, 5.74) is 8.41. The predicted octanol–water partition coefficient (Wildman–Crippen LogP) is 2.39. The molecule has 0 radical (unpaired) electrons. The van der Waals surface area contributed by atoms with Crippen molar-refractivity contribution in [2.75, 3.05) is 6.54 Å². The first-order valence-electron chi connectivity index (χ1n) is 5.12. The van der Waals surface area contributed by atoms with E-state index in [1.54, 1.807) is 0 Å². The van der Waals surface area contributed by atoms with E-state index < -0.39 is 0 Å². The van der Waals surface area contributed by atoms with E-state index in [0.29, 0.717) is 5.92 Å². The van der Waals surface area contributed by atoms with Gasteiger partial charge in [-0.25, -0.2) is 0 Å². The fourth-order valence-corrected chi connectivity index (χ4v) is 1.94. The predicted molar refractivity (Wildman–Crippen MR) is 59.5 cm³/mol. The van der Waals surface area contributed by atoms with Crippen LogP contribution in [0.25, 0.3) is 5.52 Å². The summed E-state index contributed by atoms with van der Waals surface area (Å²) in [5, 5.41) is 0. The first-order chi connectivity index (χ1) is 6.86. The molecule has 0 aliphatic heterocycles. The molecule has 2 aromatic heterocycles. The van der Waals surface area contributed by atoms with Crippen LogP contribution in [0.2, 0.25) is 0 Å².